The van der Waals surface area contributed by atoms with Crippen LogP contribution in [-0.4, -0.2) is 23.1 Å². The van der Waals surface area contributed by atoms with Gasteiger partial charge in [-0.3, -0.25) is 4.79 Å². The summed E-state index contributed by atoms with van der Waals surface area (Å²) in [6, 6.07) is 0. The largest absolute Gasteiger partial charge is 0.444 e. The fourth-order valence-corrected chi connectivity index (χ4v) is 1.18. The van der Waals surface area contributed by atoms with Crippen LogP contribution in [0, 0.1) is 0 Å². The molecule has 2 amide bonds. The Balaban J connectivity index is 4.72. The van der Waals surface area contributed by atoms with Crippen LogP contribution in [0.1, 0.15) is 41.0 Å². The Morgan fingerprint density at radius 1 is 1.29 bits per heavy atom. The molecule has 3 N–H and O–H groups in total. The molecule has 17 heavy (non-hydrogen) atoms. The number of alkyl carbamates (subject to hydrolysis) is 1. The van der Waals surface area contributed by atoms with Crippen molar-refractivity contribution in [3.8, 4) is 0 Å². The van der Waals surface area contributed by atoms with Crippen molar-refractivity contribution in [2.24, 2.45) is 5.73 Å². The summed E-state index contributed by atoms with van der Waals surface area (Å²) in [4.78, 5) is 22.6. The summed E-state index contributed by atoms with van der Waals surface area (Å²) >= 11 is 0. The molecule has 0 heterocycles. The zero-order chi connectivity index (χ0) is 13.9. The van der Waals surface area contributed by atoms with E-state index in [1.165, 1.54) is 0 Å². The van der Waals surface area contributed by atoms with Crippen LogP contribution in [0.25, 0.3) is 0 Å². The molecule has 98 valence electrons. The Morgan fingerprint density at radius 3 is 2.06 bits per heavy atom. The first kappa shape index (κ1) is 15.5. The van der Waals surface area contributed by atoms with Gasteiger partial charge in [-0.2, -0.15) is 0 Å². The van der Waals surface area contributed by atoms with Gasteiger partial charge in [0.15, 0.2) is 0 Å². The monoisotopic (exact) mass is 242 g/mol. The van der Waals surface area contributed by atoms with E-state index in [4.69, 9.17) is 10.5 Å². The molecule has 5 heteroatoms. The summed E-state index contributed by atoms with van der Waals surface area (Å²) < 4.78 is 5.12. The van der Waals surface area contributed by atoms with Gasteiger partial charge < -0.3 is 15.8 Å². The summed E-state index contributed by atoms with van der Waals surface area (Å²) in [5, 5.41) is 2.62. The van der Waals surface area contributed by atoms with E-state index >= 15 is 0 Å². The van der Waals surface area contributed by atoms with Crippen molar-refractivity contribution in [2.75, 3.05) is 0 Å². The molecule has 1 atom stereocenters. The molecule has 0 bridgehead atoms. The average Bonchev–Trinajstić information content (AvgIpc) is 1.96. The summed E-state index contributed by atoms with van der Waals surface area (Å²) in [5.41, 5.74) is 4.32. The third kappa shape index (κ3) is 5.94. The van der Waals surface area contributed by atoms with Gasteiger partial charge in [-0.1, -0.05) is 12.2 Å². The number of rotatable bonds is 4. The first-order valence-electron chi connectivity index (χ1n) is 5.42. The van der Waals surface area contributed by atoms with Gasteiger partial charge in [0, 0.05) is 0 Å². The molecule has 0 unspecified atom stereocenters. The number of ether oxygens (including phenoxy) is 1. The summed E-state index contributed by atoms with van der Waals surface area (Å²) in [5.74, 6) is -0.508. The van der Waals surface area contributed by atoms with Crippen molar-refractivity contribution in [2.45, 2.75) is 52.2 Å². The van der Waals surface area contributed by atoms with Gasteiger partial charge in [0.2, 0.25) is 5.91 Å². The molecule has 0 aromatic heterocycles. The van der Waals surface area contributed by atoms with E-state index in [-0.39, 0.29) is 6.42 Å². The summed E-state index contributed by atoms with van der Waals surface area (Å²) in [7, 11) is 0. The number of hydrogen-bond donors (Lipinski definition) is 2. The van der Waals surface area contributed by atoms with Gasteiger partial charge in [-0.05, 0) is 34.6 Å². The Hall–Kier alpha value is -1.52. The molecule has 0 aromatic rings. The number of hydrogen-bond acceptors (Lipinski definition) is 3. The van der Waals surface area contributed by atoms with Crippen LogP contribution in [0.2, 0.25) is 0 Å². The van der Waals surface area contributed by atoms with Crippen molar-refractivity contribution in [3.05, 3.63) is 12.2 Å². The third-order valence-corrected chi connectivity index (χ3v) is 2.25. The van der Waals surface area contributed by atoms with Crippen molar-refractivity contribution in [1.82, 2.24) is 5.32 Å². The zero-order valence-corrected chi connectivity index (χ0v) is 11.2. The highest BCUT2D eigenvalue weighted by molar-refractivity contribution is 5.78. The smallest absolute Gasteiger partial charge is 0.408 e. The predicted molar refractivity (Wildman–Crippen MR) is 66.4 cm³/mol. The number of carbonyl (C=O) groups is 2. The molecule has 0 spiro atoms. The van der Waals surface area contributed by atoms with Gasteiger partial charge in [0.25, 0.3) is 0 Å². The maximum Gasteiger partial charge on any atom is 0.408 e. The van der Waals surface area contributed by atoms with E-state index in [1.807, 2.05) is 0 Å². The fourth-order valence-electron chi connectivity index (χ4n) is 1.18. The van der Waals surface area contributed by atoms with Crippen LogP contribution in [0.3, 0.4) is 0 Å². The first-order chi connectivity index (χ1) is 7.46. The normalized spacial score (nSPS) is 14.6. The molecule has 0 aliphatic carbocycles. The maximum atomic E-state index is 11.6. The van der Waals surface area contributed by atoms with Gasteiger partial charge in [0.1, 0.15) is 5.60 Å². The minimum Gasteiger partial charge on any atom is -0.444 e. The van der Waals surface area contributed by atoms with E-state index in [0.717, 1.165) is 0 Å². The molecular formula is C12H22N2O3. The topological polar surface area (TPSA) is 81.4 Å². The molecule has 0 aliphatic rings. The lowest BCUT2D eigenvalue weighted by atomic mass is 9.90. The lowest BCUT2D eigenvalue weighted by Gasteiger charge is -2.31. The van der Waals surface area contributed by atoms with Gasteiger partial charge in [0.05, 0.1) is 12.0 Å². The molecular weight excluding hydrogens is 220 g/mol. The van der Waals surface area contributed by atoms with Crippen molar-refractivity contribution in [3.63, 3.8) is 0 Å². The minimum atomic E-state index is -0.881. The van der Waals surface area contributed by atoms with Crippen molar-refractivity contribution in [1.29, 1.82) is 0 Å². The second-order valence-electron chi connectivity index (χ2n) is 5.38. The van der Waals surface area contributed by atoms with Crippen LogP contribution in [-0.2, 0) is 9.53 Å². The van der Waals surface area contributed by atoms with E-state index in [2.05, 4.69) is 11.9 Å². The lowest BCUT2D eigenvalue weighted by Crippen LogP contribution is -2.50. The fraction of sp³-hybridized carbons (Fsp3) is 0.667. The van der Waals surface area contributed by atoms with E-state index in [9.17, 15) is 9.59 Å². The van der Waals surface area contributed by atoms with Crippen LogP contribution < -0.4 is 11.1 Å². The Labute approximate surface area is 102 Å². The van der Waals surface area contributed by atoms with Crippen molar-refractivity contribution >= 4 is 12.0 Å². The van der Waals surface area contributed by atoms with Gasteiger partial charge in [-0.25, -0.2) is 4.79 Å². The zero-order valence-electron chi connectivity index (χ0n) is 11.2. The number of primary amides is 1. The Kier molecular flexibility index (Phi) is 4.74. The molecule has 0 radical (unpaired) electrons. The lowest BCUT2D eigenvalue weighted by molar-refractivity contribution is -0.118. The van der Waals surface area contributed by atoms with E-state index in [0.29, 0.717) is 5.57 Å². The van der Waals surface area contributed by atoms with E-state index in [1.54, 1.807) is 34.6 Å². The SMILES string of the molecule is C=C(C)[C@](C)(CC(N)=O)NC(=O)OC(C)(C)C. The van der Waals surface area contributed by atoms with Crippen LogP contribution in [0.4, 0.5) is 4.79 Å². The molecule has 0 aromatic carbocycles. The minimum absolute atomic E-state index is 0.0123. The van der Waals surface area contributed by atoms with Crippen LogP contribution >= 0.6 is 0 Å². The predicted octanol–water partition coefficient (Wildman–Crippen LogP) is 1.72. The quantitative estimate of drug-likeness (QED) is 0.736. The number of nitrogens with two attached hydrogens (primary N) is 1. The van der Waals surface area contributed by atoms with Crippen molar-refractivity contribution < 1.29 is 14.3 Å². The standard InChI is InChI=1S/C12H22N2O3/c1-8(2)12(6,7-9(13)15)14-10(16)17-11(3,4)5/h1,7H2,2-6H3,(H2,13,15)(H,14,16)/t12-/m0/s1. The molecule has 0 rings (SSSR count). The molecule has 0 saturated heterocycles. The number of nitrogens with one attached hydrogen (secondary N) is 1. The molecule has 0 saturated carbocycles. The van der Waals surface area contributed by atoms with Gasteiger partial charge >= 0.3 is 6.09 Å². The van der Waals surface area contributed by atoms with Gasteiger partial charge in [-0.15, -0.1) is 0 Å². The Morgan fingerprint density at radius 2 is 1.76 bits per heavy atom. The summed E-state index contributed by atoms with van der Waals surface area (Å²) in [6.45, 7) is 12.4. The van der Waals surface area contributed by atoms with Crippen LogP contribution in [0.15, 0.2) is 12.2 Å². The number of amides is 2. The third-order valence-electron chi connectivity index (χ3n) is 2.25. The molecule has 0 aliphatic heterocycles. The highest BCUT2D eigenvalue weighted by atomic mass is 16.6. The summed E-state index contributed by atoms with van der Waals surface area (Å²) in [6.07, 6.45) is -0.606. The van der Waals surface area contributed by atoms with E-state index < -0.39 is 23.1 Å². The second kappa shape index (κ2) is 5.21. The highest BCUT2D eigenvalue weighted by Crippen LogP contribution is 2.19. The second-order valence-corrected chi connectivity index (χ2v) is 5.38. The number of carbonyl (C=O) groups excluding carboxylic acids is 2. The maximum absolute atomic E-state index is 11.6. The average molecular weight is 242 g/mol. The van der Waals surface area contributed by atoms with Crippen LogP contribution in [0.5, 0.6) is 0 Å². The Bertz CT molecular complexity index is 331. The first-order valence-corrected chi connectivity index (χ1v) is 5.42. The molecule has 0 fully saturated rings. The molecule has 5 nitrogen and oxygen atoms in total. The highest BCUT2D eigenvalue weighted by Gasteiger charge is 2.31.